The SMILES string of the molecule is CCOC(=O)Cc1ccc(OC)cc1OC1(C)C(C)=CC(B2OC(C)(C)C(C)(C)O2)=C1O. The Bertz CT molecular complexity index is 947. The molecule has 1 N–H and O–H groups in total. The first-order valence-electron chi connectivity index (χ1n) is 10.8. The number of benzene rings is 1. The number of methoxy groups -OCH3 is 1. The molecule has 1 aromatic carbocycles. The maximum atomic E-state index is 12.1. The summed E-state index contributed by atoms with van der Waals surface area (Å²) in [4.78, 5) is 12.1. The zero-order valence-corrected chi connectivity index (χ0v) is 20.2. The van der Waals surface area contributed by atoms with Crippen molar-refractivity contribution < 1.29 is 33.4 Å². The van der Waals surface area contributed by atoms with E-state index >= 15 is 0 Å². The van der Waals surface area contributed by atoms with Gasteiger partial charge in [0.15, 0.2) is 5.60 Å². The number of esters is 1. The first-order valence-corrected chi connectivity index (χ1v) is 10.8. The minimum atomic E-state index is -1.16. The highest BCUT2D eigenvalue weighted by atomic mass is 16.7. The lowest BCUT2D eigenvalue weighted by Crippen LogP contribution is -2.41. The van der Waals surface area contributed by atoms with Crippen LogP contribution in [0.4, 0.5) is 0 Å². The first kappa shape index (κ1) is 24.2. The van der Waals surface area contributed by atoms with E-state index in [0.717, 1.165) is 5.57 Å². The Labute approximate surface area is 190 Å². The summed E-state index contributed by atoms with van der Waals surface area (Å²) >= 11 is 0. The van der Waals surface area contributed by atoms with Crippen LogP contribution in [-0.2, 0) is 25.3 Å². The molecule has 0 saturated carbocycles. The fourth-order valence-corrected chi connectivity index (χ4v) is 3.67. The molecule has 0 amide bonds. The van der Waals surface area contributed by atoms with E-state index in [1.165, 1.54) is 0 Å². The van der Waals surface area contributed by atoms with Crippen LogP contribution in [0.5, 0.6) is 11.5 Å². The van der Waals surface area contributed by atoms with Crippen LogP contribution in [0.2, 0.25) is 0 Å². The summed E-state index contributed by atoms with van der Waals surface area (Å²) in [6.45, 7) is 13.6. The van der Waals surface area contributed by atoms with Gasteiger partial charge in [-0.1, -0.05) is 12.1 Å². The quantitative estimate of drug-likeness (QED) is 0.495. The fraction of sp³-hybridized carbons (Fsp3) is 0.542. The molecule has 0 bridgehead atoms. The van der Waals surface area contributed by atoms with Crippen molar-refractivity contribution in [2.24, 2.45) is 0 Å². The molecule has 1 unspecified atom stereocenters. The number of rotatable bonds is 7. The number of hydrogen-bond acceptors (Lipinski definition) is 7. The normalized spacial score (nSPS) is 23.9. The summed E-state index contributed by atoms with van der Waals surface area (Å²) in [5, 5.41) is 11.2. The molecule has 1 aliphatic carbocycles. The van der Waals surface area contributed by atoms with Gasteiger partial charge in [-0.2, -0.15) is 0 Å². The topological polar surface area (TPSA) is 83.5 Å². The molecule has 1 atom stereocenters. The molecular formula is C24H33BO7. The average Bonchev–Trinajstić information content (AvgIpc) is 3.06. The molecule has 1 aromatic rings. The van der Waals surface area contributed by atoms with Gasteiger partial charge < -0.3 is 28.6 Å². The third-order valence-corrected chi connectivity index (χ3v) is 6.59. The molecule has 1 heterocycles. The first-order chi connectivity index (χ1) is 14.8. The van der Waals surface area contributed by atoms with E-state index in [-0.39, 0.29) is 18.1 Å². The summed E-state index contributed by atoms with van der Waals surface area (Å²) in [7, 11) is 0.838. The maximum Gasteiger partial charge on any atom is 0.498 e. The number of hydrogen-bond donors (Lipinski definition) is 1. The highest BCUT2D eigenvalue weighted by Crippen LogP contribution is 2.45. The molecule has 8 heteroatoms. The lowest BCUT2D eigenvalue weighted by atomic mass is 9.78. The van der Waals surface area contributed by atoms with Crippen LogP contribution >= 0.6 is 0 Å². The Hall–Kier alpha value is -2.45. The molecule has 0 radical (unpaired) electrons. The number of allylic oxidation sites excluding steroid dienone is 2. The standard InChI is InChI=1S/C24H33BO7/c1-9-29-20(26)13-16-10-11-17(28-8)14-19(16)30-24(7)15(2)12-18(21(24)27)25-31-22(3,4)23(5,6)32-25/h10-12,14,27H,9,13H2,1-8H3. The Morgan fingerprint density at radius 2 is 1.75 bits per heavy atom. The van der Waals surface area contributed by atoms with Gasteiger partial charge in [-0.25, -0.2) is 0 Å². The van der Waals surface area contributed by atoms with E-state index in [9.17, 15) is 9.90 Å². The smallest absolute Gasteiger partial charge is 0.498 e. The van der Waals surface area contributed by atoms with Crippen molar-refractivity contribution in [1.82, 2.24) is 0 Å². The van der Waals surface area contributed by atoms with Crippen LogP contribution < -0.4 is 9.47 Å². The van der Waals surface area contributed by atoms with Gasteiger partial charge in [0.2, 0.25) is 0 Å². The van der Waals surface area contributed by atoms with Gasteiger partial charge in [0.05, 0.1) is 31.3 Å². The molecule has 7 nitrogen and oxygen atoms in total. The van der Waals surface area contributed by atoms with E-state index in [4.69, 9.17) is 23.5 Å². The van der Waals surface area contributed by atoms with Gasteiger partial charge in [-0.15, -0.1) is 0 Å². The molecule has 2 aliphatic rings. The summed E-state index contributed by atoms with van der Waals surface area (Å²) in [6.07, 6.45) is 1.88. The molecule has 0 aromatic heterocycles. The molecule has 174 valence electrons. The summed E-state index contributed by atoms with van der Waals surface area (Å²) < 4.78 is 29.0. The largest absolute Gasteiger partial charge is 0.508 e. The molecule has 0 spiro atoms. The van der Waals surface area contributed by atoms with Crippen molar-refractivity contribution in [3.05, 3.63) is 46.6 Å². The number of aliphatic hydroxyl groups excluding tert-OH is 1. The van der Waals surface area contributed by atoms with Crippen molar-refractivity contribution in [2.75, 3.05) is 13.7 Å². The van der Waals surface area contributed by atoms with Gasteiger partial charge in [-0.3, -0.25) is 4.79 Å². The second-order valence-corrected chi connectivity index (χ2v) is 9.31. The second kappa shape index (κ2) is 8.48. The number of carbonyl (C=O) groups is 1. The Kier molecular flexibility index (Phi) is 6.42. The molecule has 3 rings (SSSR count). The van der Waals surface area contributed by atoms with Crippen molar-refractivity contribution >= 4 is 13.1 Å². The molecule has 1 saturated heterocycles. The van der Waals surface area contributed by atoms with Crippen LogP contribution in [0.25, 0.3) is 0 Å². The Balaban J connectivity index is 1.95. The van der Waals surface area contributed by atoms with Crippen LogP contribution in [0, 0.1) is 0 Å². The van der Waals surface area contributed by atoms with Gasteiger partial charge in [0, 0.05) is 17.1 Å². The van der Waals surface area contributed by atoms with Crippen LogP contribution in [0.1, 0.15) is 54.0 Å². The molecule has 32 heavy (non-hydrogen) atoms. The minimum Gasteiger partial charge on any atom is -0.508 e. The van der Waals surface area contributed by atoms with E-state index in [1.54, 1.807) is 39.2 Å². The molecular weight excluding hydrogens is 411 g/mol. The van der Waals surface area contributed by atoms with Crippen LogP contribution in [0.15, 0.2) is 41.1 Å². The summed E-state index contributed by atoms with van der Waals surface area (Å²) in [5.41, 5.74) is -0.286. The van der Waals surface area contributed by atoms with Gasteiger partial charge in [-0.05, 0) is 60.1 Å². The van der Waals surface area contributed by atoms with E-state index in [2.05, 4.69) is 0 Å². The van der Waals surface area contributed by atoms with Gasteiger partial charge in [0.25, 0.3) is 0 Å². The second-order valence-electron chi connectivity index (χ2n) is 9.31. The third kappa shape index (κ3) is 4.26. The molecule has 1 aliphatic heterocycles. The summed E-state index contributed by atoms with van der Waals surface area (Å²) in [6, 6.07) is 5.22. The predicted molar refractivity (Wildman–Crippen MR) is 122 cm³/mol. The monoisotopic (exact) mass is 444 g/mol. The highest BCUT2D eigenvalue weighted by molar-refractivity contribution is 6.56. The van der Waals surface area contributed by atoms with Crippen molar-refractivity contribution in [3.8, 4) is 11.5 Å². The number of aliphatic hydroxyl groups is 1. The van der Waals surface area contributed by atoms with Crippen LogP contribution in [-0.4, -0.2) is 48.7 Å². The molecule has 1 fully saturated rings. The van der Waals surface area contributed by atoms with E-state index in [0.29, 0.717) is 29.1 Å². The minimum absolute atomic E-state index is 0.0124. The van der Waals surface area contributed by atoms with Crippen molar-refractivity contribution in [3.63, 3.8) is 0 Å². The lowest BCUT2D eigenvalue weighted by Gasteiger charge is -2.32. The fourth-order valence-electron chi connectivity index (χ4n) is 3.67. The zero-order valence-electron chi connectivity index (χ0n) is 20.2. The van der Waals surface area contributed by atoms with E-state index < -0.39 is 23.9 Å². The lowest BCUT2D eigenvalue weighted by molar-refractivity contribution is -0.142. The van der Waals surface area contributed by atoms with Crippen LogP contribution in [0.3, 0.4) is 0 Å². The third-order valence-electron chi connectivity index (χ3n) is 6.59. The highest BCUT2D eigenvalue weighted by Gasteiger charge is 2.55. The zero-order chi connectivity index (χ0) is 23.9. The van der Waals surface area contributed by atoms with Gasteiger partial charge in [0.1, 0.15) is 17.3 Å². The predicted octanol–water partition coefficient (Wildman–Crippen LogP) is 4.34. The number of carbonyl (C=O) groups excluding carboxylic acids is 1. The number of ether oxygens (including phenoxy) is 3. The maximum absolute atomic E-state index is 12.1. The average molecular weight is 444 g/mol. The van der Waals surface area contributed by atoms with Gasteiger partial charge >= 0.3 is 13.1 Å². The van der Waals surface area contributed by atoms with E-state index in [1.807, 2.05) is 40.7 Å². The Morgan fingerprint density at radius 1 is 1.12 bits per heavy atom. The summed E-state index contributed by atoms with van der Waals surface area (Å²) in [5.74, 6) is 0.655. The Morgan fingerprint density at radius 3 is 2.31 bits per heavy atom. The van der Waals surface area contributed by atoms with Crippen molar-refractivity contribution in [2.45, 2.75) is 71.7 Å². The van der Waals surface area contributed by atoms with Crippen molar-refractivity contribution in [1.29, 1.82) is 0 Å².